The van der Waals surface area contributed by atoms with Gasteiger partial charge in [0.2, 0.25) is 0 Å². The molecule has 1 saturated heterocycles. The number of nitrogens with zero attached hydrogens (tertiary/aromatic N) is 1. The molecule has 17 heavy (non-hydrogen) atoms. The van der Waals surface area contributed by atoms with Crippen molar-refractivity contribution in [2.75, 3.05) is 19.6 Å². The van der Waals surface area contributed by atoms with Gasteiger partial charge in [-0.25, -0.2) is 0 Å². The van der Waals surface area contributed by atoms with E-state index in [0.717, 1.165) is 31.5 Å². The van der Waals surface area contributed by atoms with E-state index in [2.05, 4.69) is 32.6 Å². The molecule has 2 unspecified atom stereocenters. The molecule has 2 fully saturated rings. The van der Waals surface area contributed by atoms with Gasteiger partial charge in [-0.05, 0) is 38.5 Å². The summed E-state index contributed by atoms with van der Waals surface area (Å²) in [5, 5.41) is 0. The first-order chi connectivity index (χ1) is 7.97. The molecular formula is C14H28N2O. The highest BCUT2D eigenvalue weighted by atomic mass is 16.5. The first-order valence-corrected chi connectivity index (χ1v) is 7.07. The van der Waals surface area contributed by atoms with Crippen LogP contribution in [0.3, 0.4) is 0 Å². The van der Waals surface area contributed by atoms with E-state index in [1.54, 1.807) is 0 Å². The minimum absolute atomic E-state index is 0.279. The van der Waals surface area contributed by atoms with E-state index < -0.39 is 0 Å². The van der Waals surface area contributed by atoms with E-state index in [1.165, 1.54) is 12.8 Å². The first kappa shape index (κ1) is 13.3. The lowest BCUT2D eigenvalue weighted by molar-refractivity contribution is -0.134. The number of morpholine rings is 1. The third-order valence-corrected chi connectivity index (χ3v) is 4.70. The van der Waals surface area contributed by atoms with Crippen LogP contribution in [-0.4, -0.2) is 42.3 Å². The second kappa shape index (κ2) is 4.87. The molecule has 3 nitrogen and oxygen atoms in total. The number of hydrogen-bond donors (Lipinski definition) is 1. The van der Waals surface area contributed by atoms with Gasteiger partial charge in [-0.15, -0.1) is 0 Å². The molecule has 0 aromatic carbocycles. The van der Waals surface area contributed by atoms with Crippen LogP contribution in [0.5, 0.6) is 0 Å². The average molecular weight is 240 g/mol. The molecule has 3 heteroatoms. The molecule has 1 saturated carbocycles. The maximum Gasteiger partial charge on any atom is 0.0678 e. The van der Waals surface area contributed by atoms with Gasteiger partial charge in [-0.2, -0.15) is 0 Å². The quantitative estimate of drug-likeness (QED) is 0.818. The Kier molecular flexibility index (Phi) is 3.81. The van der Waals surface area contributed by atoms with Crippen molar-refractivity contribution in [3.63, 3.8) is 0 Å². The predicted octanol–water partition coefficient (Wildman–Crippen LogP) is 1.86. The summed E-state index contributed by atoms with van der Waals surface area (Å²) in [6.45, 7) is 11.9. The minimum Gasteiger partial charge on any atom is -0.373 e. The summed E-state index contributed by atoms with van der Waals surface area (Å²) in [4.78, 5) is 2.60. The van der Waals surface area contributed by atoms with Crippen molar-refractivity contribution < 1.29 is 4.74 Å². The monoisotopic (exact) mass is 240 g/mol. The highest BCUT2D eigenvalue weighted by molar-refractivity contribution is 5.05. The molecule has 1 aliphatic carbocycles. The second-order valence-electron chi connectivity index (χ2n) is 6.50. The highest BCUT2D eigenvalue weighted by Crippen LogP contribution is 2.46. The van der Waals surface area contributed by atoms with Gasteiger partial charge in [0.25, 0.3) is 0 Å². The smallest absolute Gasteiger partial charge is 0.0678 e. The lowest BCUT2D eigenvalue weighted by Crippen LogP contribution is -2.66. The van der Waals surface area contributed by atoms with Crippen LogP contribution in [0.15, 0.2) is 0 Å². The minimum atomic E-state index is 0.279. The fraction of sp³-hybridized carbons (Fsp3) is 1.00. The zero-order chi connectivity index (χ0) is 12.6. The molecule has 2 N–H and O–H groups in total. The summed E-state index contributed by atoms with van der Waals surface area (Å²) >= 11 is 0. The Balaban J connectivity index is 1.99. The SMILES string of the molecule is CC1CN(C2(CN)CC(C(C)C)C2)CC(C)O1. The molecule has 0 aromatic heterocycles. The summed E-state index contributed by atoms with van der Waals surface area (Å²) in [5.41, 5.74) is 6.35. The van der Waals surface area contributed by atoms with Gasteiger partial charge in [0.15, 0.2) is 0 Å². The van der Waals surface area contributed by atoms with Gasteiger partial charge in [0.1, 0.15) is 0 Å². The molecule has 0 radical (unpaired) electrons. The Morgan fingerprint density at radius 3 is 2.18 bits per heavy atom. The van der Waals surface area contributed by atoms with Gasteiger partial charge in [0.05, 0.1) is 12.2 Å². The van der Waals surface area contributed by atoms with E-state index in [-0.39, 0.29) is 5.54 Å². The molecule has 2 rings (SSSR count). The fourth-order valence-corrected chi connectivity index (χ4v) is 3.51. The van der Waals surface area contributed by atoms with Gasteiger partial charge in [-0.3, -0.25) is 4.90 Å². The van der Waals surface area contributed by atoms with Crippen LogP contribution in [0, 0.1) is 11.8 Å². The molecule has 2 aliphatic rings. The summed E-state index contributed by atoms with van der Waals surface area (Å²) < 4.78 is 5.82. The van der Waals surface area contributed by atoms with Crippen LogP contribution in [0.1, 0.15) is 40.5 Å². The van der Waals surface area contributed by atoms with E-state index in [1.807, 2.05) is 0 Å². The lowest BCUT2D eigenvalue weighted by atomic mass is 9.63. The Morgan fingerprint density at radius 1 is 1.24 bits per heavy atom. The molecule has 0 bridgehead atoms. The van der Waals surface area contributed by atoms with E-state index in [9.17, 15) is 0 Å². The Bertz CT molecular complexity index is 251. The highest BCUT2D eigenvalue weighted by Gasteiger charge is 2.49. The number of nitrogens with two attached hydrogens (primary N) is 1. The molecule has 2 atom stereocenters. The van der Waals surface area contributed by atoms with Crippen molar-refractivity contribution in [3.8, 4) is 0 Å². The fourth-order valence-electron chi connectivity index (χ4n) is 3.51. The van der Waals surface area contributed by atoms with Crippen LogP contribution < -0.4 is 5.73 Å². The van der Waals surface area contributed by atoms with E-state index >= 15 is 0 Å². The summed E-state index contributed by atoms with van der Waals surface area (Å²) in [6.07, 6.45) is 3.25. The molecular weight excluding hydrogens is 212 g/mol. The molecule has 0 aromatic rings. The molecule has 100 valence electrons. The lowest BCUT2D eigenvalue weighted by Gasteiger charge is -2.57. The van der Waals surface area contributed by atoms with Gasteiger partial charge >= 0.3 is 0 Å². The third kappa shape index (κ3) is 2.51. The number of ether oxygens (including phenoxy) is 1. The summed E-state index contributed by atoms with van der Waals surface area (Å²) in [6, 6.07) is 0. The van der Waals surface area contributed by atoms with Crippen LogP contribution in [0.2, 0.25) is 0 Å². The summed E-state index contributed by atoms with van der Waals surface area (Å²) in [7, 11) is 0. The second-order valence-corrected chi connectivity index (χ2v) is 6.50. The van der Waals surface area contributed by atoms with Crippen molar-refractivity contribution in [3.05, 3.63) is 0 Å². The van der Waals surface area contributed by atoms with Crippen LogP contribution >= 0.6 is 0 Å². The van der Waals surface area contributed by atoms with Crippen molar-refractivity contribution in [1.29, 1.82) is 0 Å². The van der Waals surface area contributed by atoms with Crippen molar-refractivity contribution in [2.24, 2.45) is 17.6 Å². The Morgan fingerprint density at radius 2 is 1.76 bits per heavy atom. The van der Waals surface area contributed by atoms with Gasteiger partial charge in [-0.1, -0.05) is 13.8 Å². The third-order valence-electron chi connectivity index (χ3n) is 4.70. The van der Waals surface area contributed by atoms with Crippen LogP contribution in [0.25, 0.3) is 0 Å². The molecule has 0 amide bonds. The molecule has 0 spiro atoms. The van der Waals surface area contributed by atoms with Gasteiger partial charge < -0.3 is 10.5 Å². The zero-order valence-electron chi connectivity index (χ0n) is 11.8. The van der Waals surface area contributed by atoms with E-state index in [0.29, 0.717) is 12.2 Å². The standard InChI is InChI=1S/C14H28N2O/c1-10(2)13-5-14(6-13,9-15)16-7-11(3)17-12(4)8-16/h10-13H,5-9,15H2,1-4H3. The van der Waals surface area contributed by atoms with Crippen molar-refractivity contribution in [1.82, 2.24) is 4.90 Å². The van der Waals surface area contributed by atoms with Crippen molar-refractivity contribution in [2.45, 2.75) is 58.3 Å². The summed E-state index contributed by atoms with van der Waals surface area (Å²) in [5.74, 6) is 1.66. The normalized spacial score (nSPS) is 43.8. The molecule has 1 aliphatic heterocycles. The maximum absolute atomic E-state index is 6.07. The zero-order valence-corrected chi connectivity index (χ0v) is 11.8. The maximum atomic E-state index is 6.07. The Hall–Kier alpha value is -0.120. The largest absolute Gasteiger partial charge is 0.373 e. The number of rotatable bonds is 3. The number of hydrogen-bond acceptors (Lipinski definition) is 3. The van der Waals surface area contributed by atoms with Crippen molar-refractivity contribution >= 4 is 0 Å². The Labute approximate surface area is 106 Å². The molecule has 1 heterocycles. The predicted molar refractivity (Wildman–Crippen MR) is 70.9 cm³/mol. The van der Waals surface area contributed by atoms with Crippen LogP contribution in [-0.2, 0) is 4.74 Å². The van der Waals surface area contributed by atoms with Crippen LogP contribution in [0.4, 0.5) is 0 Å². The van der Waals surface area contributed by atoms with Gasteiger partial charge in [0, 0.05) is 25.2 Å². The first-order valence-electron chi connectivity index (χ1n) is 7.07. The average Bonchev–Trinajstić information content (AvgIpc) is 2.14. The van der Waals surface area contributed by atoms with E-state index in [4.69, 9.17) is 10.5 Å². The topological polar surface area (TPSA) is 38.5 Å².